The quantitative estimate of drug-likeness (QED) is 0.852. The average Bonchev–Trinajstić information content (AvgIpc) is 3.02. The summed E-state index contributed by atoms with van der Waals surface area (Å²) in [6.45, 7) is 3.46. The normalized spacial score (nSPS) is 18.1. The fourth-order valence-electron chi connectivity index (χ4n) is 3.25. The summed E-state index contributed by atoms with van der Waals surface area (Å²) >= 11 is 0. The number of rotatable bonds is 5. The zero-order valence-electron chi connectivity index (χ0n) is 12.8. The summed E-state index contributed by atoms with van der Waals surface area (Å²) in [5, 5.41) is 9.01. The molecule has 0 N–H and O–H groups in total. The number of nitriles is 1. The summed E-state index contributed by atoms with van der Waals surface area (Å²) in [6, 6.07) is 10.00. The number of carbonyl (C=O) groups excluding carboxylic acids is 1. The van der Waals surface area contributed by atoms with Crippen LogP contribution in [0.25, 0.3) is 11.0 Å². The Hall–Kier alpha value is -2.35. The zero-order valence-corrected chi connectivity index (χ0v) is 12.8. The minimum atomic E-state index is 0.208. The summed E-state index contributed by atoms with van der Waals surface area (Å²) in [5.41, 5.74) is 1.86. The van der Waals surface area contributed by atoms with E-state index in [-0.39, 0.29) is 12.3 Å². The second kappa shape index (κ2) is 6.18. The van der Waals surface area contributed by atoms with Gasteiger partial charge in [-0.1, -0.05) is 25.5 Å². The first kappa shape index (κ1) is 14.6. The average molecular weight is 296 g/mol. The molecule has 1 saturated heterocycles. The summed E-state index contributed by atoms with van der Waals surface area (Å²) < 4.78 is 2.00. The molecule has 1 atom stereocenters. The Balaban J connectivity index is 1.88. The molecule has 5 nitrogen and oxygen atoms in total. The molecular weight excluding hydrogens is 276 g/mol. The lowest BCUT2D eigenvalue weighted by Crippen LogP contribution is -2.28. The Bertz CT molecular complexity index is 728. The highest BCUT2D eigenvalue weighted by Gasteiger charge is 2.29. The van der Waals surface area contributed by atoms with E-state index in [4.69, 9.17) is 5.26 Å². The van der Waals surface area contributed by atoms with Gasteiger partial charge in [-0.3, -0.25) is 4.79 Å². The first-order valence-corrected chi connectivity index (χ1v) is 7.81. The fraction of sp³-hybridized carbons (Fsp3) is 0.471. The molecule has 5 heteroatoms. The van der Waals surface area contributed by atoms with Gasteiger partial charge in [-0.15, -0.1) is 0 Å². The molecule has 2 heterocycles. The number of nitrogens with zero attached hydrogens (tertiary/aromatic N) is 4. The van der Waals surface area contributed by atoms with Crippen LogP contribution in [0.4, 0.5) is 0 Å². The maximum atomic E-state index is 12.2. The maximum absolute atomic E-state index is 12.2. The van der Waals surface area contributed by atoms with Gasteiger partial charge in [0.05, 0.1) is 30.2 Å². The van der Waals surface area contributed by atoms with Crippen molar-refractivity contribution in [1.29, 1.82) is 5.26 Å². The van der Waals surface area contributed by atoms with Crippen LogP contribution < -0.4 is 0 Å². The highest BCUT2D eigenvalue weighted by molar-refractivity contribution is 5.79. The lowest BCUT2D eigenvalue weighted by molar-refractivity contribution is -0.129. The Morgan fingerprint density at radius 1 is 1.41 bits per heavy atom. The van der Waals surface area contributed by atoms with E-state index >= 15 is 0 Å². The molecule has 22 heavy (non-hydrogen) atoms. The Morgan fingerprint density at radius 3 is 3.00 bits per heavy atom. The van der Waals surface area contributed by atoms with Crippen molar-refractivity contribution in [2.24, 2.45) is 5.92 Å². The van der Waals surface area contributed by atoms with Crippen LogP contribution in [-0.4, -0.2) is 26.9 Å². The smallest absolute Gasteiger partial charge is 0.224 e. The Morgan fingerprint density at radius 2 is 2.23 bits per heavy atom. The van der Waals surface area contributed by atoms with Crippen LogP contribution in [0.5, 0.6) is 0 Å². The number of fused-ring (bicyclic) bond motifs is 1. The molecule has 1 aromatic carbocycles. The zero-order chi connectivity index (χ0) is 15.5. The topological polar surface area (TPSA) is 61.9 Å². The molecule has 3 rings (SSSR count). The summed E-state index contributed by atoms with van der Waals surface area (Å²) in [5.74, 6) is 1.40. The van der Waals surface area contributed by atoms with Crippen LogP contribution in [0.2, 0.25) is 0 Å². The van der Waals surface area contributed by atoms with Crippen molar-refractivity contribution in [3.8, 4) is 6.07 Å². The van der Waals surface area contributed by atoms with Gasteiger partial charge in [0.1, 0.15) is 5.82 Å². The second-order valence-electron chi connectivity index (χ2n) is 5.90. The van der Waals surface area contributed by atoms with Crippen molar-refractivity contribution in [2.75, 3.05) is 6.54 Å². The molecule has 0 aliphatic carbocycles. The van der Waals surface area contributed by atoms with Gasteiger partial charge in [0, 0.05) is 13.0 Å². The van der Waals surface area contributed by atoms with Crippen molar-refractivity contribution in [3.05, 3.63) is 30.1 Å². The van der Waals surface area contributed by atoms with E-state index in [0.717, 1.165) is 36.2 Å². The lowest BCUT2D eigenvalue weighted by Gasteiger charge is -2.19. The molecule has 1 fully saturated rings. The van der Waals surface area contributed by atoms with Crippen molar-refractivity contribution in [1.82, 2.24) is 14.5 Å². The molecule has 1 amide bonds. The Labute approximate surface area is 130 Å². The summed E-state index contributed by atoms with van der Waals surface area (Å²) in [7, 11) is 0. The second-order valence-corrected chi connectivity index (χ2v) is 5.90. The van der Waals surface area contributed by atoms with Gasteiger partial charge in [0.2, 0.25) is 5.91 Å². The molecule has 0 spiro atoms. The molecular formula is C17H20N4O. The van der Waals surface area contributed by atoms with Gasteiger partial charge in [-0.05, 0) is 24.5 Å². The van der Waals surface area contributed by atoms with Crippen LogP contribution in [0, 0.1) is 17.2 Å². The van der Waals surface area contributed by atoms with E-state index in [0.29, 0.717) is 19.0 Å². The molecule has 0 saturated carbocycles. The van der Waals surface area contributed by atoms with Crippen molar-refractivity contribution >= 4 is 16.9 Å². The van der Waals surface area contributed by atoms with Crippen LogP contribution in [0.3, 0.4) is 0 Å². The van der Waals surface area contributed by atoms with Gasteiger partial charge >= 0.3 is 0 Å². The molecule has 1 aromatic heterocycles. The van der Waals surface area contributed by atoms with E-state index in [2.05, 4.69) is 18.0 Å². The number of benzene rings is 1. The molecule has 0 bridgehead atoms. The molecule has 114 valence electrons. The first-order chi connectivity index (χ1) is 10.7. The van der Waals surface area contributed by atoms with E-state index < -0.39 is 0 Å². The number of aromatic nitrogens is 2. The molecule has 1 aliphatic rings. The van der Waals surface area contributed by atoms with Crippen molar-refractivity contribution in [2.45, 2.75) is 39.3 Å². The monoisotopic (exact) mass is 296 g/mol. The minimum absolute atomic E-state index is 0.208. The summed E-state index contributed by atoms with van der Waals surface area (Å²) in [4.78, 5) is 18.6. The predicted molar refractivity (Wildman–Crippen MR) is 83.8 cm³/mol. The lowest BCUT2D eigenvalue weighted by atomic mass is 10.0. The van der Waals surface area contributed by atoms with Crippen LogP contribution in [-0.2, 0) is 17.9 Å². The third kappa shape index (κ3) is 2.69. The molecule has 1 unspecified atom stereocenters. The van der Waals surface area contributed by atoms with Crippen molar-refractivity contribution in [3.63, 3.8) is 0 Å². The van der Waals surface area contributed by atoms with Crippen LogP contribution >= 0.6 is 0 Å². The predicted octanol–water partition coefficient (Wildman–Crippen LogP) is 2.71. The molecule has 1 aliphatic heterocycles. The van der Waals surface area contributed by atoms with Gasteiger partial charge < -0.3 is 9.47 Å². The van der Waals surface area contributed by atoms with Gasteiger partial charge in [0.15, 0.2) is 0 Å². The van der Waals surface area contributed by atoms with Crippen LogP contribution in [0.1, 0.15) is 32.0 Å². The summed E-state index contributed by atoms with van der Waals surface area (Å²) in [6.07, 6.45) is 3.11. The number of carbonyl (C=O) groups is 1. The van der Waals surface area contributed by atoms with E-state index in [1.807, 2.05) is 33.7 Å². The van der Waals surface area contributed by atoms with E-state index in [1.54, 1.807) is 0 Å². The highest BCUT2D eigenvalue weighted by Crippen LogP contribution is 2.24. The van der Waals surface area contributed by atoms with Gasteiger partial charge in [-0.25, -0.2) is 4.98 Å². The van der Waals surface area contributed by atoms with E-state index in [9.17, 15) is 4.79 Å². The molecule has 0 radical (unpaired) electrons. The third-order valence-electron chi connectivity index (χ3n) is 4.27. The number of imidazole rings is 1. The largest absolute Gasteiger partial charge is 0.324 e. The number of hydrogen-bond donors (Lipinski definition) is 0. The SMILES string of the molecule is CCCC1CC(=O)N(Cn2c(CC#N)nc3ccccc32)C1. The minimum Gasteiger partial charge on any atom is -0.324 e. The fourth-order valence-corrected chi connectivity index (χ4v) is 3.25. The third-order valence-corrected chi connectivity index (χ3v) is 4.27. The van der Waals surface area contributed by atoms with Crippen LogP contribution in [0.15, 0.2) is 24.3 Å². The van der Waals surface area contributed by atoms with Gasteiger partial charge in [0.25, 0.3) is 0 Å². The Kier molecular flexibility index (Phi) is 4.10. The number of hydrogen-bond acceptors (Lipinski definition) is 3. The number of likely N-dealkylation sites (tertiary alicyclic amines) is 1. The van der Waals surface area contributed by atoms with Gasteiger partial charge in [-0.2, -0.15) is 5.26 Å². The van der Waals surface area contributed by atoms with Crippen molar-refractivity contribution < 1.29 is 4.79 Å². The molecule has 2 aromatic rings. The standard InChI is InChI=1S/C17H20N4O/c1-2-5-13-10-17(22)20(11-13)12-21-15-7-4-3-6-14(15)19-16(21)8-9-18/h3-4,6-7,13H,2,5,8,10-12H2,1H3. The van der Waals surface area contributed by atoms with E-state index in [1.165, 1.54) is 0 Å². The highest BCUT2D eigenvalue weighted by atomic mass is 16.2. The number of para-hydroxylation sites is 2. The first-order valence-electron chi connectivity index (χ1n) is 7.81. The number of amides is 1. The maximum Gasteiger partial charge on any atom is 0.224 e.